The van der Waals surface area contributed by atoms with E-state index in [-0.39, 0.29) is 11.2 Å². The van der Waals surface area contributed by atoms with E-state index >= 15 is 0 Å². The molecule has 0 atom stereocenters. The first-order chi connectivity index (χ1) is 11.4. The second kappa shape index (κ2) is 7.21. The van der Waals surface area contributed by atoms with Crippen LogP contribution in [0.5, 0.6) is 0 Å². The van der Waals surface area contributed by atoms with Crippen LogP contribution in [0.1, 0.15) is 24.8 Å². The van der Waals surface area contributed by atoms with Crippen LogP contribution in [-0.4, -0.2) is 61.5 Å². The van der Waals surface area contributed by atoms with E-state index in [4.69, 9.17) is 0 Å². The fourth-order valence-electron chi connectivity index (χ4n) is 3.06. The van der Waals surface area contributed by atoms with E-state index in [2.05, 4.69) is 5.32 Å². The molecule has 0 spiro atoms. The van der Waals surface area contributed by atoms with Gasteiger partial charge in [-0.05, 0) is 50.4 Å². The lowest BCUT2D eigenvalue weighted by molar-refractivity contribution is -0.117. The van der Waals surface area contributed by atoms with Crippen LogP contribution in [0.25, 0.3) is 0 Å². The zero-order chi connectivity index (χ0) is 17.2. The molecule has 1 heterocycles. The number of hydrogen-bond donors (Lipinski definition) is 1. The summed E-state index contributed by atoms with van der Waals surface area (Å²) in [7, 11) is -3.11. The molecule has 2 fully saturated rings. The second-order valence-corrected chi connectivity index (χ2v) is 8.90. The van der Waals surface area contributed by atoms with E-state index in [1.165, 1.54) is 0 Å². The molecular weight excluding hydrogens is 326 g/mol. The molecule has 6 nitrogen and oxygen atoms in total. The van der Waals surface area contributed by atoms with Crippen molar-refractivity contribution in [2.45, 2.75) is 31.4 Å². The highest BCUT2D eigenvalue weighted by atomic mass is 32.2. The van der Waals surface area contributed by atoms with Gasteiger partial charge < -0.3 is 5.32 Å². The lowest BCUT2D eigenvalue weighted by Crippen LogP contribution is -2.39. The van der Waals surface area contributed by atoms with Crippen LogP contribution < -0.4 is 5.32 Å². The standard InChI is InChI=1S/C17H25N3O3S/c1-14-4-2-5-15(12-14)18-17(21)13-19-8-3-9-20(11-10-19)24(22,23)16-6-7-16/h2,4-5,12,16H,3,6-11,13H2,1H3,(H,18,21). The lowest BCUT2D eigenvalue weighted by atomic mass is 10.2. The number of hydrogen-bond acceptors (Lipinski definition) is 4. The van der Waals surface area contributed by atoms with Crippen molar-refractivity contribution in [3.8, 4) is 0 Å². The smallest absolute Gasteiger partial charge is 0.238 e. The molecule has 24 heavy (non-hydrogen) atoms. The zero-order valence-corrected chi connectivity index (χ0v) is 14.9. The van der Waals surface area contributed by atoms with Crippen molar-refractivity contribution in [1.29, 1.82) is 0 Å². The Morgan fingerprint density at radius 1 is 1.21 bits per heavy atom. The van der Waals surface area contributed by atoms with Crippen LogP contribution in [0.3, 0.4) is 0 Å². The Morgan fingerprint density at radius 2 is 2.00 bits per heavy atom. The molecule has 1 saturated carbocycles. The van der Waals surface area contributed by atoms with Gasteiger partial charge in [-0.2, -0.15) is 0 Å². The molecule has 1 aliphatic carbocycles. The van der Waals surface area contributed by atoms with Crippen LogP contribution in [0, 0.1) is 6.92 Å². The van der Waals surface area contributed by atoms with E-state index in [1.54, 1.807) is 4.31 Å². The Hall–Kier alpha value is -1.44. The molecule has 1 N–H and O–H groups in total. The summed E-state index contributed by atoms with van der Waals surface area (Å²) in [5.74, 6) is -0.0564. The Bertz CT molecular complexity index is 701. The van der Waals surface area contributed by atoms with Gasteiger partial charge in [-0.25, -0.2) is 12.7 Å². The predicted molar refractivity (Wildman–Crippen MR) is 94.4 cm³/mol. The van der Waals surface area contributed by atoms with Crippen molar-refractivity contribution in [2.75, 3.05) is 38.0 Å². The monoisotopic (exact) mass is 351 g/mol. The average Bonchev–Trinajstić information content (AvgIpc) is 3.35. The summed E-state index contributed by atoms with van der Waals surface area (Å²) in [5.41, 5.74) is 1.90. The first kappa shape index (κ1) is 17.4. The molecule has 1 aromatic rings. The lowest BCUT2D eigenvalue weighted by Gasteiger charge is -2.21. The minimum atomic E-state index is -3.11. The number of nitrogens with one attached hydrogen (secondary N) is 1. The molecule has 3 rings (SSSR count). The Kier molecular flexibility index (Phi) is 5.22. The van der Waals surface area contributed by atoms with Crippen molar-refractivity contribution < 1.29 is 13.2 Å². The SMILES string of the molecule is Cc1cccc(NC(=O)CN2CCCN(S(=O)(=O)C3CC3)CC2)c1. The maximum atomic E-state index is 12.3. The molecule has 0 aromatic heterocycles. The van der Waals surface area contributed by atoms with Crippen LogP contribution in [-0.2, 0) is 14.8 Å². The highest BCUT2D eigenvalue weighted by molar-refractivity contribution is 7.90. The maximum Gasteiger partial charge on any atom is 0.238 e. The third-order valence-electron chi connectivity index (χ3n) is 4.52. The molecule has 0 radical (unpaired) electrons. The third kappa shape index (κ3) is 4.34. The van der Waals surface area contributed by atoms with E-state index in [9.17, 15) is 13.2 Å². The molecule has 7 heteroatoms. The summed E-state index contributed by atoms with van der Waals surface area (Å²) in [5, 5.41) is 2.75. The number of amides is 1. The molecular formula is C17H25N3O3S. The third-order valence-corrected chi connectivity index (χ3v) is 6.92. The summed E-state index contributed by atoms with van der Waals surface area (Å²) in [6.45, 7) is 4.68. The normalized spacial score (nSPS) is 20.5. The van der Waals surface area contributed by atoms with Crippen LogP contribution >= 0.6 is 0 Å². The summed E-state index contributed by atoms with van der Waals surface area (Å²) in [6.07, 6.45) is 2.35. The number of nitrogens with zero attached hydrogens (tertiary/aromatic N) is 2. The van der Waals surface area contributed by atoms with Gasteiger partial charge in [-0.3, -0.25) is 9.69 Å². The fourth-order valence-corrected chi connectivity index (χ4v) is 4.94. The van der Waals surface area contributed by atoms with Crippen molar-refractivity contribution in [3.05, 3.63) is 29.8 Å². The second-order valence-electron chi connectivity index (χ2n) is 6.69. The number of rotatable bonds is 5. The highest BCUT2D eigenvalue weighted by Gasteiger charge is 2.40. The number of anilines is 1. The van der Waals surface area contributed by atoms with E-state index in [1.807, 2.05) is 36.1 Å². The summed E-state index contributed by atoms with van der Waals surface area (Å²) in [6, 6.07) is 7.71. The van der Waals surface area contributed by atoms with Gasteiger partial charge in [0.1, 0.15) is 0 Å². The zero-order valence-electron chi connectivity index (χ0n) is 14.1. The highest BCUT2D eigenvalue weighted by Crippen LogP contribution is 2.31. The maximum absolute atomic E-state index is 12.3. The van der Waals surface area contributed by atoms with E-state index in [0.717, 1.165) is 37.1 Å². The first-order valence-electron chi connectivity index (χ1n) is 8.53. The molecule has 132 valence electrons. The van der Waals surface area contributed by atoms with Gasteiger partial charge in [-0.1, -0.05) is 12.1 Å². The molecule has 1 aliphatic heterocycles. The molecule has 0 unspecified atom stereocenters. The first-order valence-corrected chi connectivity index (χ1v) is 10.0. The van der Waals surface area contributed by atoms with Crippen LogP contribution in [0.2, 0.25) is 0 Å². The Labute approximate surface area is 143 Å². The number of carbonyl (C=O) groups is 1. The van der Waals surface area contributed by atoms with Crippen LogP contribution in [0.4, 0.5) is 5.69 Å². The van der Waals surface area contributed by atoms with Gasteiger partial charge in [0.05, 0.1) is 11.8 Å². The molecule has 0 bridgehead atoms. The summed E-state index contributed by atoms with van der Waals surface area (Å²) < 4.78 is 26.3. The molecule has 1 aromatic carbocycles. The van der Waals surface area contributed by atoms with Gasteiger partial charge >= 0.3 is 0 Å². The number of benzene rings is 1. The Balaban J connectivity index is 1.52. The largest absolute Gasteiger partial charge is 0.325 e. The Morgan fingerprint density at radius 3 is 2.71 bits per heavy atom. The molecule has 1 amide bonds. The molecule has 1 saturated heterocycles. The van der Waals surface area contributed by atoms with Crippen molar-refractivity contribution in [3.63, 3.8) is 0 Å². The van der Waals surface area contributed by atoms with Gasteiger partial charge in [0.2, 0.25) is 15.9 Å². The van der Waals surface area contributed by atoms with Gasteiger partial charge in [0.25, 0.3) is 0 Å². The topological polar surface area (TPSA) is 69.7 Å². The molecule has 2 aliphatic rings. The van der Waals surface area contributed by atoms with E-state index < -0.39 is 10.0 Å². The predicted octanol–water partition coefficient (Wildman–Crippen LogP) is 1.43. The van der Waals surface area contributed by atoms with Gasteiger partial charge in [0, 0.05) is 25.3 Å². The van der Waals surface area contributed by atoms with E-state index in [0.29, 0.717) is 26.2 Å². The number of carbonyl (C=O) groups excluding carboxylic acids is 1. The van der Waals surface area contributed by atoms with Crippen molar-refractivity contribution in [2.24, 2.45) is 0 Å². The van der Waals surface area contributed by atoms with Crippen LogP contribution in [0.15, 0.2) is 24.3 Å². The van der Waals surface area contributed by atoms with Gasteiger partial charge in [-0.15, -0.1) is 0 Å². The number of aryl methyl sites for hydroxylation is 1. The average molecular weight is 351 g/mol. The summed E-state index contributed by atoms with van der Waals surface area (Å²) >= 11 is 0. The number of sulfonamides is 1. The quantitative estimate of drug-likeness (QED) is 0.871. The van der Waals surface area contributed by atoms with Gasteiger partial charge in [0.15, 0.2) is 0 Å². The summed E-state index contributed by atoms with van der Waals surface area (Å²) in [4.78, 5) is 14.3. The minimum Gasteiger partial charge on any atom is -0.325 e. The fraction of sp³-hybridized carbons (Fsp3) is 0.588. The van der Waals surface area contributed by atoms with Crippen molar-refractivity contribution >= 4 is 21.6 Å². The minimum absolute atomic E-state index is 0.0564. The van der Waals surface area contributed by atoms with Crippen molar-refractivity contribution in [1.82, 2.24) is 9.21 Å².